The number of esters is 2. The molecule has 3 aliphatic rings. The Bertz CT molecular complexity index is 2260. The zero-order chi connectivity index (χ0) is 62.9. The maximum atomic E-state index is 15.0. The first-order chi connectivity index (χ1) is 40.1. The highest BCUT2D eigenvalue weighted by Gasteiger charge is 2.53. The Morgan fingerprint density at radius 3 is 1.94 bits per heavy atom. The smallest absolute Gasteiger partial charge is 0.407 e. The van der Waals surface area contributed by atoms with E-state index in [0.29, 0.717) is 25.9 Å². The number of benzene rings is 2. The second kappa shape index (κ2) is 33.5. The second-order valence-electron chi connectivity index (χ2n) is 26.5. The fourth-order valence-electron chi connectivity index (χ4n) is 14.1. The molecule has 484 valence electrons. The van der Waals surface area contributed by atoms with Crippen molar-refractivity contribution in [3.05, 3.63) is 60.7 Å². The Balaban J connectivity index is 1.31. The van der Waals surface area contributed by atoms with E-state index in [4.69, 9.17) is 42.6 Å². The normalized spacial score (nSPS) is 34.9. The summed E-state index contributed by atoms with van der Waals surface area (Å²) in [6, 6.07) is 21.2. The van der Waals surface area contributed by atoms with Crippen LogP contribution in [0.15, 0.2) is 60.7 Å². The molecule has 0 saturated carbocycles. The molecule has 0 aromatic heterocycles. The summed E-state index contributed by atoms with van der Waals surface area (Å²) in [6.07, 6.45) is 4.26. The summed E-state index contributed by atoms with van der Waals surface area (Å²) in [7, 11) is 7.58. The fourth-order valence-corrected chi connectivity index (χ4v) is 17.4. The Hall–Kier alpha value is -3.32. The molecule has 5 rings (SSSR count). The number of aliphatic hydroxyl groups is 2. The van der Waals surface area contributed by atoms with Crippen molar-refractivity contribution in [2.45, 2.75) is 237 Å². The molecule has 0 bridgehead atoms. The van der Waals surface area contributed by atoms with Crippen LogP contribution in [0.4, 0.5) is 4.79 Å². The first kappa shape index (κ1) is 72.4. The topological polar surface area (TPSA) is 193 Å². The summed E-state index contributed by atoms with van der Waals surface area (Å²) in [5, 5.41) is 31.7. The summed E-state index contributed by atoms with van der Waals surface area (Å²) in [5.41, 5.74) is -4.09. The highest BCUT2D eigenvalue weighted by molar-refractivity contribution is 7.88. The van der Waals surface area contributed by atoms with Gasteiger partial charge in [-0.25, -0.2) is 4.79 Å². The number of methoxy groups -OCH3 is 2. The molecular weight excluding hydrogens is 1100 g/mol. The van der Waals surface area contributed by atoms with E-state index < -0.39 is 96.6 Å². The molecule has 0 unspecified atom stereocenters. The number of alkyl carbamates (subject to hydrolysis) is 1. The number of nitrogens with zero attached hydrogens (tertiary/aromatic N) is 2. The van der Waals surface area contributed by atoms with Crippen LogP contribution in [-0.4, -0.2) is 197 Å². The van der Waals surface area contributed by atoms with Gasteiger partial charge in [-0.1, -0.05) is 96.2 Å². The number of carbonyl (C=O) groups is 3. The molecule has 3 N–H and O–H groups in total. The Morgan fingerprint density at radius 1 is 0.800 bits per heavy atom. The van der Waals surface area contributed by atoms with Gasteiger partial charge >= 0.3 is 18.0 Å². The third-order valence-corrected chi connectivity index (χ3v) is 23.1. The van der Waals surface area contributed by atoms with Crippen molar-refractivity contribution < 1.29 is 67.2 Å². The lowest BCUT2D eigenvalue weighted by Crippen LogP contribution is -2.61. The fraction of sp³-hybridized carbons (Fsp3) is 0.776. The van der Waals surface area contributed by atoms with Gasteiger partial charge in [0.25, 0.3) is 0 Å². The monoisotopic (exact) mass is 1210 g/mol. The maximum absolute atomic E-state index is 15.0. The SMILES string of the molecule is CC[C@H]1OC(=O)[C@H](C)[C@@H](COC[C@H]2C[C@@](C)(OC)[C@@H](OC)[C@H](C)O2)[C@H](C)[C@@H](O[C@@H]2O[C@H](C)C[C@H](N(C)C)[C@H]2OC(C)=O)[C@](C)(O)C[C@@H](C)CN(C)[C@H](C)[C@@H](OC(=O)NCCCCCCCCCC[P+](C)(c2ccccc2)c2ccccc2)[C@]1(C)O. The number of rotatable bonds is 25. The van der Waals surface area contributed by atoms with Crippen LogP contribution in [0.5, 0.6) is 0 Å². The lowest BCUT2D eigenvalue weighted by atomic mass is 9.73. The van der Waals surface area contributed by atoms with Gasteiger partial charge in [-0.05, 0) is 137 Å². The molecule has 0 aliphatic carbocycles. The molecule has 1 amide bonds. The standard InChI is InChI=1S/C67H112N3O14P/c1-18-57-67(11,75)60(84-64(73)68-37-31-23-21-19-20-22-24-32-38-85(17,53-33-27-25-28-34-53)54-35-29-26-30-36-54)49(6)70(14)42-45(2)40-65(9,74)59(83-63-58(81-51(8)71)56(69(12)13)39-46(3)79-63)47(4)55(48(5)62(72)82-57)44-78-43-52-41-66(10,77-16)61(76-15)50(7)80-52/h25-30,33-36,45-50,52,55-61,63,74-75H,18-24,31-32,37-44H2,1-17H3/p+1/t45-,46-,47+,48-,49-,50+,52-,55+,56+,57-,58-,59-,60-,61+,63+,65-,66-,67-/m1/s1. The number of hydrogen-bond donors (Lipinski definition) is 3. The number of carbonyl (C=O) groups excluding carboxylic acids is 3. The third-order valence-electron chi connectivity index (χ3n) is 19.1. The van der Waals surface area contributed by atoms with Crippen LogP contribution < -0.4 is 15.9 Å². The zero-order valence-corrected chi connectivity index (χ0v) is 56.0. The van der Waals surface area contributed by atoms with Crippen molar-refractivity contribution in [1.82, 2.24) is 15.1 Å². The first-order valence-electron chi connectivity index (χ1n) is 31.9. The molecule has 3 heterocycles. The van der Waals surface area contributed by atoms with Gasteiger partial charge in [-0.2, -0.15) is 0 Å². The van der Waals surface area contributed by atoms with E-state index in [0.717, 1.165) is 25.7 Å². The maximum Gasteiger partial charge on any atom is 0.407 e. The van der Waals surface area contributed by atoms with E-state index in [1.807, 2.05) is 79.4 Å². The van der Waals surface area contributed by atoms with E-state index in [2.05, 4.69) is 72.6 Å². The summed E-state index contributed by atoms with van der Waals surface area (Å²) in [5.74, 6) is -3.50. The lowest BCUT2D eigenvalue weighted by molar-refractivity contribution is -0.300. The summed E-state index contributed by atoms with van der Waals surface area (Å²) < 4.78 is 57.1. The third kappa shape index (κ3) is 19.8. The molecule has 18 heteroatoms. The van der Waals surface area contributed by atoms with E-state index in [1.165, 1.54) is 49.4 Å². The van der Waals surface area contributed by atoms with Gasteiger partial charge < -0.3 is 63.1 Å². The minimum atomic E-state index is -1.86. The van der Waals surface area contributed by atoms with Crippen molar-refractivity contribution >= 4 is 35.9 Å². The van der Waals surface area contributed by atoms with Crippen LogP contribution in [0.25, 0.3) is 0 Å². The molecule has 3 saturated heterocycles. The summed E-state index contributed by atoms with van der Waals surface area (Å²) >= 11 is 0. The minimum Gasteiger partial charge on any atom is -0.459 e. The molecule has 85 heavy (non-hydrogen) atoms. The van der Waals surface area contributed by atoms with Crippen LogP contribution in [0.3, 0.4) is 0 Å². The van der Waals surface area contributed by atoms with E-state index in [-0.39, 0.29) is 62.4 Å². The van der Waals surface area contributed by atoms with Crippen LogP contribution in [0.1, 0.15) is 153 Å². The molecular formula is C67H113N3O14P+. The summed E-state index contributed by atoms with van der Waals surface area (Å²) in [6.45, 7) is 23.5. The Morgan fingerprint density at radius 2 is 1.39 bits per heavy atom. The predicted molar refractivity (Wildman–Crippen MR) is 337 cm³/mol. The molecule has 3 aliphatic heterocycles. The molecule has 2 aromatic carbocycles. The van der Waals surface area contributed by atoms with Gasteiger partial charge in [-0.3, -0.25) is 14.5 Å². The Kier molecular flexibility index (Phi) is 28.5. The molecule has 17 nitrogen and oxygen atoms in total. The van der Waals surface area contributed by atoms with Gasteiger partial charge in [0.2, 0.25) is 0 Å². The molecule has 2 aromatic rings. The molecule has 18 atom stereocenters. The van der Waals surface area contributed by atoms with Crippen molar-refractivity contribution in [1.29, 1.82) is 0 Å². The number of hydrogen-bond acceptors (Lipinski definition) is 16. The zero-order valence-electron chi connectivity index (χ0n) is 55.1. The number of cyclic esters (lactones) is 1. The number of ether oxygens (including phenoxy) is 9. The van der Waals surface area contributed by atoms with Gasteiger partial charge in [0.05, 0.1) is 91.5 Å². The van der Waals surface area contributed by atoms with Crippen LogP contribution >= 0.6 is 7.26 Å². The summed E-state index contributed by atoms with van der Waals surface area (Å²) in [4.78, 5) is 45.6. The van der Waals surface area contributed by atoms with Gasteiger partial charge in [-0.15, -0.1) is 0 Å². The van der Waals surface area contributed by atoms with Gasteiger partial charge in [0, 0.05) is 52.6 Å². The van der Waals surface area contributed by atoms with Crippen LogP contribution in [0.2, 0.25) is 0 Å². The van der Waals surface area contributed by atoms with Crippen LogP contribution in [0, 0.1) is 23.7 Å². The molecule has 0 spiro atoms. The van der Waals surface area contributed by atoms with Crippen molar-refractivity contribution in [3.63, 3.8) is 0 Å². The van der Waals surface area contributed by atoms with Crippen molar-refractivity contribution in [3.8, 4) is 0 Å². The number of nitrogens with one attached hydrogen (secondary N) is 1. The van der Waals surface area contributed by atoms with Gasteiger partial charge in [0.1, 0.15) is 17.8 Å². The van der Waals surface area contributed by atoms with Gasteiger partial charge in [0.15, 0.2) is 18.5 Å². The molecule has 3 fully saturated rings. The van der Waals surface area contributed by atoms with Crippen molar-refractivity contribution in [2.24, 2.45) is 23.7 Å². The second-order valence-corrected chi connectivity index (χ2v) is 30.3. The van der Waals surface area contributed by atoms with Crippen LogP contribution in [-0.2, 0) is 52.2 Å². The highest BCUT2D eigenvalue weighted by atomic mass is 31.2. The highest BCUT2D eigenvalue weighted by Crippen LogP contribution is 2.53. The predicted octanol–water partition coefficient (Wildman–Crippen LogP) is 9.57. The van der Waals surface area contributed by atoms with E-state index in [1.54, 1.807) is 35.0 Å². The largest absolute Gasteiger partial charge is 0.459 e. The quantitative estimate of drug-likeness (QED) is 0.0368. The Labute approximate surface area is 512 Å². The lowest BCUT2D eigenvalue weighted by Gasteiger charge is -2.48. The number of amides is 1. The van der Waals surface area contributed by atoms with E-state index in [9.17, 15) is 24.6 Å². The minimum absolute atomic E-state index is 0.0225. The number of unbranched alkanes of at least 4 members (excludes halogenated alkanes) is 7. The average molecular weight is 1220 g/mol. The number of likely N-dealkylation sites (N-methyl/N-ethyl adjacent to an activating group) is 2. The first-order valence-corrected chi connectivity index (χ1v) is 34.3. The van der Waals surface area contributed by atoms with E-state index >= 15 is 0 Å². The molecule has 0 radical (unpaired) electrons. The van der Waals surface area contributed by atoms with Crippen molar-refractivity contribution in [2.75, 3.05) is 74.5 Å². The average Bonchev–Trinajstić information content (AvgIpc) is 3.74.